The molecule has 1 rings (SSSR count). The minimum Gasteiger partial charge on any atom is -0.346 e. The molecule has 0 spiro atoms. The van der Waals surface area contributed by atoms with Gasteiger partial charge in [-0.05, 0) is 12.1 Å². The van der Waals surface area contributed by atoms with Crippen molar-refractivity contribution in [1.29, 1.82) is 0 Å². The molecule has 0 unspecified atom stereocenters. The molecule has 0 aliphatic carbocycles. The SMILES string of the molecule is NCC#Cc1ccc(C(=O)NCC(F)F)s1. The third-order valence-electron chi connectivity index (χ3n) is 1.56. The molecule has 1 amide bonds. The molecular formula is C10H10F2N2OS. The molecule has 0 radical (unpaired) electrons. The Labute approximate surface area is 95.6 Å². The lowest BCUT2D eigenvalue weighted by Crippen LogP contribution is -2.27. The van der Waals surface area contributed by atoms with E-state index in [0.717, 1.165) is 11.3 Å². The second-order valence-corrected chi connectivity index (χ2v) is 3.85. The fraction of sp³-hybridized carbons (Fsp3) is 0.300. The van der Waals surface area contributed by atoms with Crippen molar-refractivity contribution in [2.24, 2.45) is 5.73 Å². The fourth-order valence-electron chi connectivity index (χ4n) is 0.922. The van der Waals surface area contributed by atoms with Crippen molar-refractivity contribution >= 4 is 17.2 Å². The minimum atomic E-state index is -2.54. The third-order valence-corrected chi connectivity index (χ3v) is 2.56. The van der Waals surface area contributed by atoms with Gasteiger partial charge in [0.25, 0.3) is 12.3 Å². The molecule has 0 aromatic carbocycles. The van der Waals surface area contributed by atoms with Crippen molar-refractivity contribution in [3.8, 4) is 11.8 Å². The zero-order valence-corrected chi connectivity index (χ0v) is 9.11. The molecule has 16 heavy (non-hydrogen) atoms. The van der Waals surface area contributed by atoms with E-state index in [1.54, 1.807) is 12.1 Å². The number of hydrogen-bond acceptors (Lipinski definition) is 3. The highest BCUT2D eigenvalue weighted by molar-refractivity contribution is 7.14. The predicted molar refractivity (Wildman–Crippen MR) is 58.6 cm³/mol. The molecule has 3 nitrogen and oxygen atoms in total. The Morgan fingerprint density at radius 3 is 2.94 bits per heavy atom. The molecule has 0 bridgehead atoms. The highest BCUT2D eigenvalue weighted by atomic mass is 32.1. The lowest BCUT2D eigenvalue weighted by atomic mass is 10.4. The van der Waals surface area contributed by atoms with Crippen molar-refractivity contribution in [2.75, 3.05) is 13.1 Å². The summed E-state index contributed by atoms with van der Waals surface area (Å²) in [7, 11) is 0. The van der Waals surface area contributed by atoms with E-state index in [2.05, 4.69) is 17.2 Å². The summed E-state index contributed by atoms with van der Waals surface area (Å²) in [6.07, 6.45) is -2.54. The molecule has 1 aromatic heterocycles. The molecule has 0 aliphatic heterocycles. The van der Waals surface area contributed by atoms with Crippen LogP contribution in [0.2, 0.25) is 0 Å². The number of carbonyl (C=O) groups excluding carboxylic acids is 1. The number of rotatable bonds is 3. The Balaban J connectivity index is 2.60. The number of amides is 1. The van der Waals surface area contributed by atoms with Gasteiger partial charge in [0.15, 0.2) is 0 Å². The Bertz CT molecular complexity index is 420. The number of nitrogens with two attached hydrogens (primary N) is 1. The van der Waals surface area contributed by atoms with Gasteiger partial charge in [0, 0.05) is 0 Å². The van der Waals surface area contributed by atoms with Crippen LogP contribution in [0.3, 0.4) is 0 Å². The Morgan fingerprint density at radius 2 is 2.31 bits per heavy atom. The molecule has 3 N–H and O–H groups in total. The maximum absolute atomic E-state index is 11.8. The number of nitrogens with one attached hydrogen (secondary N) is 1. The molecule has 86 valence electrons. The number of halogens is 2. The normalized spacial score (nSPS) is 9.75. The molecule has 6 heteroatoms. The molecule has 0 atom stereocenters. The van der Waals surface area contributed by atoms with Gasteiger partial charge in [-0.2, -0.15) is 0 Å². The first-order valence-corrected chi connectivity index (χ1v) is 5.30. The summed E-state index contributed by atoms with van der Waals surface area (Å²) in [6.45, 7) is -0.397. The van der Waals surface area contributed by atoms with Crippen molar-refractivity contribution < 1.29 is 13.6 Å². The van der Waals surface area contributed by atoms with E-state index in [-0.39, 0.29) is 6.54 Å². The van der Waals surface area contributed by atoms with E-state index in [1.807, 2.05) is 0 Å². The smallest absolute Gasteiger partial charge is 0.261 e. The molecular weight excluding hydrogens is 234 g/mol. The van der Waals surface area contributed by atoms with Gasteiger partial charge in [-0.15, -0.1) is 11.3 Å². The van der Waals surface area contributed by atoms with Crippen LogP contribution in [0.4, 0.5) is 8.78 Å². The largest absolute Gasteiger partial charge is 0.346 e. The summed E-state index contributed by atoms with van der Waals surface area (Å²) < 4.78 is 23.7. The van der Waals surface area contributed by atoms with Crippen molar-refractivity contribution in [1.82, 2.24) is 5.32 Å². The first kappa shape index (κ1) is 12.6. The minimum absolute atomic E-state index is 0.241. The monoisotopic (exact) mass is 244 g/mol. The third kappa shape index (κ3) is 3.96. The van der Waals surface area contributed by atoms with Crippen LogP contribution in [0.5, 0.6) is 0 Å². The van der Waals surface area contributed by atoms with E-state index in [1.165, 1.54) is 0 Å². The molecule has 1 aromatic rings. The van der Waals surface area contributed by atoms with Crippen molar-refractivity contribution in [3.63, 3.8) is 0 Å². The van der Waals surface area contributed by atoms with E-state index < -0.39 is 18.9 Å². The van der Waals surface area contributed by atoms with Crippen LogP contribution >= 0.6 is 11.3 Å². The van der Waals surface area contributed by atoms with Crippen molar-refractivity contribution in [3.05, 3.63) is 21.9 Å². The van der Waals surface area contributed by atoms with Gasteiger partial charge in [0.1, 0.15) is 0 Å². The highest BCUT2D eigenvalue weighted by Crippen LogP contribution is 2.15. The van der Waals surface area contributed by atoms with Crippen LogP contribution in [-0.4, -0.2) is 25.4 Å². The summed E-state index contributed by atoms with van der Waals surface area (Å²) >= 11 is 1.15. The van der Waals surface area contributed by atoms with E-state index in [9.17, 15) is 13.6 Å². The maximum atomic E-state index is 11.8. The Kier molecular flexibility index (Phi) is 4.89. The van der Waals surface area contributed by atoms with Crippen LogP contribution in [0, 0.1) is 11.8 Å². The second-order valence-electron chi connectivity index (χ2n) is 2.77. The Morgan fingerprint density at radius 1 is 1.56 bits per heavy atom. The Hall–Kier alpha value is -1.45. The van der Waals surface area contributed by atoms with Crippen LogP contribution in [0.1, 0.15) is 14.5 Å². The van der Waals surface area contributed by atoms with Gasteiger partial charge in [0.2, 0.25) is 0 Å². The van der Waals surface area contributed by atoms with Gasteiger partial charge < -0.3 is 11.1 Å². The van der Waals surface area contributed by atoms with Gasteiger partial charge >= 0.3 is 0 Å². The van der Waals surface area contributed by atoms with E-state index in [0.29, 0.717) is 9.75 Å². The van der Waals surface area contributed by atoms with Crippen LogP contribution < -0.4 is 11.1 Å². The summed E-state index contributed by atoms with van der Waals surface area (Å²) in [5, 5.41) is 2.12. The quantitative estimate of drug-likeness (QED) is 0.781. The van der Waals surface area contributed by atoms with E-state index >= 15 is 0 Å². The summed E-state index contributed by atoms with van der Waals surface area (Å²) in [4.78, 5) is 12.4. The lowest BCUT2D eigenvalue weighted by molar-refractivity contribution is 0.0895. The predicted octanol–water partition coefficient (Wildman–Crippen LogP) is 1.05. The first-order chi connectivity index (χ1) is 7.63. The molecule has 0 fully saturated rings. The van der Waals surface area contributed by atoms with Crippen LogP contribution in [-0.2, 0) is 0 Å². The first-order valence-electron chi connectivity index (χ1n) is 4.48. The zero-order valence-electron chi connectivity index (χ0n) is 8.30. The second kappa shape index (κ2) is 6.20. The zero-order chi connectivity index (χ0) is 12.0. The number of thiophene rings is 1. The molecule has 0 saturated carbocycles. The number of hydrogen-bond donors (Lipinski definition) is 2. The number of alkyl halides is 2. The summed E-state index contributed by atoms with van der Waals surface area (Å²) in [5.74, 6) is 4.90. The molecule has 1 heterocycles. The average molecular weight is 244 g/mol. The number of carbonyl (C=O) groups is 1. The molecule has 0 aliphatic rings. The van der Waals surface area contributed by atoms with E-state index in [4.69, 9.17) is 5.73 Å². The van der Waals surface area contributed by atoms with Crippen molar-refractivity contribution in [2.45, 2.75) is 6.43 Å². The van der Waals surface area contributed by atoms with Gasteiger partial charge in [-0.25, -0.2) is 8.78 Å². The summed E-state index contributed by atoms with van der Waals surface area (Å²) in [6, 6.07) is 3.20. The maximum Gasteiger partial charge on any atom is 0.261 e. The standard InChI is InChI=1S/C10H10F2N2OS/c11-9(12)6-14-10(15)8-4-3-7(16-8)2-1-5-13/h3-4,9H,5-6,13H2,(H,14,15). The van der Waals surface area contributed by atoms with Gasteiger partial charge in [-0.1, -0.05) is 11.8 Å². The lowest BCUT2D eigenvalue weighted by Gasteiger charge is -2.00. The highest BCUT2D eigenvalue weighted by Gasteiger charge is 2.10. The van der Waals surface area contributed by atoms with Crippen LogP contribution in [0.25, 0.3) is 0 Å². The van der Waals surface area contributed by atoms with Gasteiger partial charge in [0.05, 0.1) is 22.8 Å². The molecule has 0 saturated heterocycles. The topological polar surface area (TPSA) is 55.1 Å². The fourth-order valence-corrected chi connectivity index (χ4v) is 1.72. The average Bonchev–Trinajstić information content (AvgIpc) is 2.71. The van der Waals surface area contributed by atoms with Gasteiger partial charge in [-0.3, -0.25) is 4.79 Å². The summed E-state index contributed by atoms with van der Waals surface area (Å²) in [5.41, 5.74) is 5.19. The van der Waals surface area contributed by atoms with Crippen LogP contribution in [0.15, 0.2) is 12.1 Å².